The van der Waals surface area contributed by atoms with E-state index in [-0.39, 0.29) is 6.10 Å². The Morgan fingerprint density at radius 3 is 2.43 bits per heavy atom. The molecule has 1 amide bonds. The van der Waals surface area contributed by atoms with Gasteiger partial charge in [0.1, 0.15) is 6.10 Å². The van der Waals surface area contributed by atoms with E-state index in [9.17, 15) is 4.79 Å². The van der Waals surface area contributed by atoms with Gasteiger partial charge >= 0.3 is 0 Å². The first-order chi connectivity index (χ1) is 6.54. The highest BCUT2D eigenvalue weighted by Crippen LogP contribution is 2.48. The van der Waals surface area contributed by atoms with E-state index in [2.05, 4.69) is 0 Å². The fourth-order valence-electron chi connectivity index (χ4n) is 1.53. The minimum Gasteiger partial charge on any atom is -0.367 e. The summed E-state index contributed by atoms with van der Waals surface area (Å²) < 4.78 is 5.32. The summed E-state index contributed by atoms with van der Waals surface area (Å²) in [6.07, 6.45) is -0.166. The maximum absolute atomic E-state index is 11.0. The summed E-state index contributed by atoms with van der Waals surface area (Å²) in [4.78, 5) is 11.0. The van der Waals surface area contributed by atoms with E-state index in [1.807, 2.05) is 31.2 Å². The van der Waals surface area contributed by atoms with E-state index < -0.39 is 11.5 Å². The van der Waals surface area contributed by atoms with Gasteiger partial charge in [0.15, 0.2) is 5.60 Å². The van der Waals surface area contributed by atoms with Gasteiger partial charge in [-0.05, 0) is 19.4 Å². The van der Waals surface area contributed by atoms with Gasteiger partial charge in [-0.25, -0.2) is 0 Å². The zero-order valence-electron chi connectivity index (χ0n) is 8.28. The van der Waals surface area contributed by atoms with Gasteiger partial charge in [-0.15, -0.1) is 0 Å². The van der Waals surface area contributed by atoms with Crippen molar-refractivity contribution in [1.29, 1.82) is 0 Å². The Morgan fingerprint density at radius 1 is 1.43 bits per heavy atom. The summed E-state index contributed by atoms with van der Waals surface area (Å²) in [5.41, 5.74) is 6.63. The van der Waals surface area contributed by atoms with Gasteiger partial charge in [-0.2, -0.15) is 0 Å². The molecule has 2 rings (SSSR count). The summed E-state index contributed by atoms with van der Waals surface area (Å²) in [5, 5.41) is 0. The summed E-state index contributed by atoms with van der Waals surface area (Å²) in [6, 6.07) is 7.93. The molecule has 74 valence electrons. The van der Waals surface area contributed by atoms with Gasteiger partial charge < -0.3 is 10.5 Å². The van der Waals surface area contributed by atoms with Crippen molar-refractivity contribution in [2.45, 2.75) is 25.6 Å². The van der Waals surface area contributed by atoms with Crippen LogP contribution in [0.15, 0.2) is 24.3 Å². The van der Waals surface area contributed by atoms with Crippen LogP contribution in [0, 0.1) is 6.92 Å². The van der Waals surface area contributed by atoms with Gasteiger partial charge in [0.25, 0.3) is 5.91 Å². The van der Waals surface area contributed by atoms with Crippen LogP contribution >= 0.6 is 0 Å². The minimum absolute atomic E-state index is 0.166. The Balaban J connectivity index is 2.21. The standard InChI is InChI=1S/C11H13NO2/c1-7-3-5-8(6-4-7)9-11(2,14-9)10(12)13/h3-6,9H,1-2H3,(H2,12,13). The van der Waals surface area contributed by atoms with Crippen LogP contribution in [0.1, 0.15) is 24.2 Å². The molecule has 0 spiro atoms. The summed E-state index contributed by atoms with van der Waals surface area (Å²) in [6.45, 7) is 3.74. The van der Waals surface area contributed by atoms with Gasteiger partial charge in [0.2, 0.25) is 0 Å². The van der Waals surface area contributed by atoms with Crippen LogP contribution in [0.5, 0.6) is 0 Å². The maximum atomic E-state index is 11.0. The summed E-state index contributed by atoms with van der Waals surface area (Å²) >= 11 is 0. The number of nitrogens with two attached hydrogens (primary N) is 1. The topological polar surface area (TPSA) is 55.6 Å². The lowest BCUT2D eigenvalue weighted by Gasteiger charge is -2.00. The van der Waals surface area contributed by atoms with E-state index in [4.69, 9.17) is 10.5 Å². The van der Waals surface area contributed by atoms with E-state index in [1.165, 1.54) is 5.56 Å². The Kier molecular flexibility index (Phi) is 1.86. The van der Waals surface area contributed by atoms with Gasteiger partial charge in [0, 0.05) is 0 Å². The van der Waals surface area contributed by atoms with Crippen molar-refractivity contribution in [2.75, 3.05) is 0 Å². The highest BCUT2D eigenvalue weighted by Gasteiger charge is 2.58. The zero-order chi connectivity index (χ0) is 10.3. The van der Waals surface area contributed by atoms with E-state index in [0.29, 0.717) is 0 Å². The predicted octanol–water partition coefficient (Wildman–Crippen LogP) is 1.31. The molecule has 1 aliphatic heterocycles. The minimum atomic E-state index is -0.796. The van der Waals surface area contributed by atoms with Crippen LogP contribution in [0.3, 0.4) is 0 Å². The van der Waals surface area contributed by atoms with Crippen molar-refractivity contribution in [1.82, 2.24) is 0 Å². The molecule has 1 aliphatic rings. The molecule has 2 atom stereocenters. The molecule has 1 aromatic carbocycles. The molecule has 14 heavy (non-hydrogen) atoms. The molecule has 0 saturated carbocycles. The first-order valence-corrected chi connectivity index (χ1v) is 4.58. The third-order valence-electron chi connectivity index (χ3n) is 2.68. The number of carbonyl (C=O) groups excluding carboxylic acids is 1. The molecule has 1 fully saturated rings. The number of hydrogen-bond donors (Lipinski definition) is 1. The van der Waals surface area contributed by atoms with Crippen molar-refractivity contribution in [3.8, 4) is 0 Å². The van der Waals surface area contributed by atoms with Crippen molar-refractivity contribution >= 4 is 5.91 Å². The van der Waals surface area contributed by atoms with Crippen molar-refractivity contribution < 1.29 is 9.53 Å². The lowest BCUT2D eigenvalue weighted by atomic mass is 10.00. The number of benzene rings is 1. The van der Waals surface area contributed by atoms with Gasteiger partial charge in [0.05, 0.1) is 0 Å². The average Bonchev–Trinajstić information content (AvgIpc) is 2.81. The molecule has 0 aliphatic carbocycles. The third-order valence-corrected chi connectivity index (χ3v) is 2.68. The van der Waals surface area contributed by atoms with E-state index in [0.717, 1.165) is 5.56 Å². The Morgan fingerprint density at radius 2 is 2.00 bits per heavy atom. The summed E-state index contributed by atoms with van der Waals surface area (Å²) in [5.74, 6) is -0.400. The molecular weight excluding hydrogens is 178 g/mol. The molecule has 0 radical (unpaired) electrons. The largest absolute Gasteiger partial charge is 0.367 e. The molecule has 2 N–H and O–H groups in total. The normalized spacial score (nSPS) is 30.0. The van der Waals surface area contributed by atoms with Crippen molar-refractivity contribution in [3.63, 3.8) is 0 Å². The Bertz CT molecular complexity index is 371. The van der Waals surface area contributed by atoms with Crippen molar-refractivity contribution in [3.05, 3.63) is 35.4 Å². The third kappa shape index (κ3) is 1.30. The first-order valence-electron chi connectivity index (χ1n) is 4.58. The molecule has 0 aromatic heterocycles. The fraction of sp³-hybridized carbons (Fsp3) is 0.364. The predicted molar refractivity (Wildman–Crippen MR) is 52.6 cm³/mol. The molecular formula is C11H13NO2. The second-order valence-corrected chi connectivity index (χ2v) is 3.88. The lowest BCUT2D eigenvalue weighted by molar-refractivity contribution is -0.122. The number of epoxide rings is 1. The number of aryl methyl sites for hydroxylation is 1. The average molecular weight is 191 g/mol. The molecule has 1 heterocycles. The van der Waals surface area contributed by atoms with E-state index in [1.54, 1.807) is 6.92 Å². The molecule has 3 nitrogen and oxygen atoms in total. The smallest absolute Gasteiger partial charge is 0.252 e. The molecule has 1 aromatic rings. The molecule has 2 unspecified atom stereocenters. The van der Waals surface area contributed by atoms with Crippen molar-refractivity contribution in [2.24, 2.45) is 5.73 Å². The number of ether oxygens (including phenoxy) is 1. The van der Waals surface area contributed by atoms with Crippen LogP contribution in [-0.4, -0.2) is 11.5 Å². The van der Waals surface area contributed by atoms with Crippen LogP contribution in [0.4, 0.5) is 0 Å². The number of primary amides is 1. The SMILES string of the molecule is Cc1ccc(C2OC2(C)C(N)=O)cc1. The zero-order valence-corrected chi connectivity index (χ0v) is 8.28. The first kappa shape index (κ1) is 9.21. The monoisotopic (exact) mass is 191 g/mol. The van der Waals surface area contributed by atoms with Crippen LogP contribution < -0.4 is 5.73 Å². The maximum Gasteiger partial charge on any atom is 0.252 e. The number of rotatable bonds is 2. The number of amides is 1. The van der Waals surface area contributed by atoms with E-state index >= 15 is 0 Å². The lowest BCUT2D eigenvalue weighted by Crippen LogP contribution is -2.29. The molecule has 0 bridgehead atoms. The molecule has 3 heteroatoms. The second-order valence-electron chi connectivity index (χ2n) is 3.88. The fourth-order valence-corrected chi connectivity index (χ4v) is 1.53. The van der Waals surface area contributed by atoms with Gasteiger partial charge in [-0.3, -0.25) is 4.79 Å². The highest BCUT2D eigenvalue weighted by molar-refractivity contribution is 5.86. The van der Waals surface area contributed by atoms with Crippen LogP contribution in [-0.2, 0) is 9.53 Å². The Labute approximate surface area is 82.9 Å². The second kappa shape index (κ2) is 2.82. The number of carbonyl (C=O) groups is 1. The van der Waals surface area contributed by atoms with Crippen LogP contribution in [0.2, 0.25) is 0 Å². The molecule has 1 saturated heterocycles. The van der Waals surface area contributed by atoms with Crippen LogP contribution in [0.25, 0.3) is 0 Å². The quantitative estimate of drug-likeness (QED) is 0.716. The summed E-state index contributed by atoms with van der Waals surface area (Å²) in [7, 11) is 0. The Hall–Kier alpha value is -1.35. The van der Waals surface area contributed by atoms with Gasteiger partial charge in [-0.1, -0.05) is 29.8 Å². The highest BCUT2D eigenvalue weighted by atomic mass is 16.6. The number of hydrogen-bond acceptors (Lipinski definition) is 2.